The quantitative estimate of drug-likeness (QED) is 0.437. The first kappa shape index (κ1) is 20.2. The van der Waals surface area contributed by atoms with Gasteiger partial charge in [-0.25, -0.2) is 0 Å². The first-order valence-corrected chi connectivity index (χ1v) is 10.0. The average molecular weight is 410 g/mol. The van der Waals surface area contributed by atoms with E-state index in [0.717, 1.165) is 11.1 Å². The molecule has 0 aliphatic rings. The molecule has 0 unspecified atom stereocenters. The molecule has 1 heterocycles. The smallest absolute Gasteiger partial charge is 0.291 e. The van der Waals surface area contributed by atoms with Gasteiger partial charge in [0.05, 0.1) is 23.6 Å². The van der Waals surface area contributed by atoms with Crippen molar-refractivity contribution in [2.75, 3.05) is 5.32 Å². The van der Waals surface area contributed by atoms with Gasteiger partial charge >= 0.3 is 0 Å². The fraction of sp³-hybridized carbons (Fsp3) is 0.0769. The molecule has 4 rings (SSSR count). The van der Waals surface area contributed by atoms with Crippen LogP contribution in [0.1, 0.15) is 38.1 Å². The summed E-state index contributed by atoms with van der Waals surface area (Å²) >= 11 is 0. The molecule has 0 saturated carbocycles. The Kier molecular flexibility index (Phi) is 6.24. The molecule has 1 aromatic heterocycles. The van der Waals surface area contributed by atoms with E-state index in [9.17, 15) is 9.59 Å². The maximum atomic E-state index is 13.2. The number of furan rings is 1. The van der Waals surface area contributed by atoms with Gasteiger partial charge in [0.15, 0.2) is 5.76 Å². The number of nitrogens with one attached hydrogen (secondary N) is 2. The molecule has 0 aliphatic carbocycles. The molecule has 5 nitrogen and oxygen atoms in total. The molecule has 0 radical (unpaired) electrons. The van der Waals surface area contributed by atoms with Crippen LogP contribution in [0.15, 0.2) is 108 Å². The number of carbonyl (C=O) groups excluding carboxylic acids is 2. The number of rotatable bonds is 7. The molecule has 1 atom stereocenters. The van der Waals surface area contributed by atoms with Crippen molar-refractivity contribution in [2.45, 2.75) is 12.5 Å². The third-order valence-corrected chi connectivity index (χ3v) is 4.95. The Bertz CT molecular complexity index is 1140. The lowest BCUT2D eigenvalue weighted by atomic mass is 9.98. The molecular formula is C26H22N2O3. The number of hydrogen-bond donors (Lipinski definition) is 2. The monoisotopic (exact) mass is 410 g/mol. The van der Waals surface area contributed by atoms with Gasteiger partial charge in [0, 0.05) is 0 Å². The van der Waals surface area contributed by atoms with Crippen LogP contribution < -0.4 is 10.6 Å². The number of carbonyl (C=O) groups is 2. The Balaban J connectivity index is 1.57. The molecule has 31 heavy (non-hydrogen) atoms. The molecule has 0 saturated heterocycles. The summed E-state index contributed by atoms with van der Waals surface area (Å²) in [5, 5.41) is 5.90. The highest BCUT2D eigenvalue weighted by molar-refractivity contribution is 6.07. The highest BCUT2D eigenvalue weighted by Crippen LogP contribution is 2.22. The average Bonchev–Trinajstić information content (AvgIpc) is 3.35. The minimum atomic E-state index is -0.408. The van der Waals surface area contributed by atoms with Gasteiger partial charge < -0.3 is 15.1 Å². The van der Waals surface area contributed by atoms with Gasteiger partial charge in [0.25, 0.3) is 11.8 Å². The van der Waals surface area contributed by atoms with Crippen LogP contribution in [-0.4, -0.2) is 11.8 Å². The normalized spacial score (nSPS) is 11.5. The summed E-state index contributed by atoms with van der Waals surface area (Å²) in [7, 11) is 0. The van der Waals surface area contributed by atoms with E-state index < -0.39 is 5.91 Å². The van der Waals surface area contributed by atoms with Crippen molar-refractivity contribution < 1.29 is 14.0 Å². The molecule has 3 aromatic carbocycles. The van der Waals surface area contributed by atoms with Gasteiger partial charge in [0.1, 0.15) is 0 Å². The summed E-state index contributed by atoms with van der Waals surface area (Å²) in [6.07, 6.45) is 2.08. The Morgan fingerprint density at radius 3 is 2.13 bits per heavy atom. The van der Waals surface area contributed by atoms with E-state index in [-0.39, 0.29) is 17.7 Å². The molecular weight excluding hydrogens is 388 g/mol. The van der Waals surface area contributed by atoms with Crippen molar-refractivity contribution in [1.82, 2.24) is 5.32 Å². The number of anilines is 1. The van der Waals surface area contributed by atoms with Gasteiger partial charge in [-0.1, -0.05) is 72.8 Å². The van der Waals surface area contributed by atoms with Gasteiger partial charge in [-0.2, -0.15) is 0 Å². The number of amides is 2. The molecule has 2 amide bonds. The lowest BCUT2D eigenvalue weighted by Crippen LogP contribution is -2.31. The van der Waals surface area contributed by atoms with E-state index in [2.05, 4.69) is 10.6 Å². The largest absolute Gasteiger partial charge is 0.459 e. The van der Waals surface area contributed by atoms with Crippen molar-refractivity contribution in [3.63, 3.8) is 0 Å². The van der Waals surface area contributed by atoms with E-state index >= 15 is 0 Å². The number of para-hydroxylation sites is 1. The third-order valence-electron chi connectivity index (χ3n) is 4.95. The van der Waals surface area contributed by atoms with Gasteiger partial charge in [-0.05, 0) is 41.8 Å². The van der Waals surface area contributed by atoms with E-state index in [1.165, 1.54) is 6.26 Å². The lowest BCUT2D eigenvalue weighted by molar-refractivity contribution is 0.0937. The summed E-state index contributed by atoms with van der Waals surface area (Å²) in [6.45, 7) is 0. The second-order valence-electron chi connectivity index (χ2n) is 7.10. The molecule has 4 aromatic rings. The second kappa shape index (κ2) is 9.59. The SMILES string of the molecule is O=C(Nc1ccccc1C(=O)N[C@H](Cc1ccccc1)c1ccccc1)c1ccco1. The predicted octanol–water partition coefficient (Wildman–Crippen LogP) is 5.25. The van der Waals surface area contributed by atoms with Crippen molar-refractivity contribution in [2.24, 2.45) is 0 Å². The van der Waals surface area contributed by atoms with E-state index in [1.807, 2.05) is 60.7 Å². The summed E-state index contributed by atoms with van der Waals surface area (Å²) in [4.78, 5) is 25.6. The maximum Gasteiger partial charge on any atom is 0.291 e. The number of hydrogen-bond acceptors (Lipinski definition) is 3. The molecule has 5 heteroatoms. The van der Waals surface area contributed by atoms with E-state index in [1.54, 1.807) is 36.4 Å². The zero-order valence-electron chi connectivity index (χ0n) is 16.8. The fourth-order valence-corrected chi connectivity index (χ4v) is 3.41. The molecule has 2 N–H and O–H groups in total. The third kappa shape index (κ3) is 5.08. The van der Waals surface area contributed by atoms with Crippen LogP contribution in [0.4, 0.5) is 5.69 Å². The van der Waals surface area contributed by atoms with Gasteiger partial charge in [0.2, 0.25) is 0 Å². The van der Waals surface area contributed by atoms with Crippen LogP contribution >= 0.6 is 0 Å². The number of benzene rings is 3. The second-order valence-corrected chi connectivity index (χ2v) is 7.10. The summed E-state index contributed by atoms with van der Waals surface area (Å²) < 4.78 is 5.14. The van der Waals surface area contributed by atoms with E-state index in [0.29, 0.717) is 17.7 Å². The van der Waals surface area contributed by atoms with Crippen molar-refractivity contribution in [3.8, 4) is 0 Å². The van der Waals surface area contributed by atoms with Gasteiger partial charge in [-0.3, -0.25) is 9.59 Å². The zero-order chi connectivity index (χ0) is 21.5. The lowest BCUT2D eigenvalue weighted by Gasteiger charge is -2.20. The summed E-state index contributed by atoms with van der Waals surface area (Å²) in [5.41, 5.74) is 2.94. The van der Waals surface area contributed by atoms with Crippen molar-refractivity contribution in [3.05, 3.63) is 126 Å². The van der Waals surface area contributed by atoms with E-state index in [4.69, 9.17) is 4.42 Å². The summed E-state index contributed by atoms with van der Waals surface area (Å²) in [6, 6.07) is 29.8. The van der Waals surface area contributed by atoms with Gasteiger partial charge in [-0.15, -0.1) is 0 Å². The van der Waals surface area contributed by atoms with Crippen LogP contribution in [0.2, 0.25) is 0 Å². The Morgan fingerprint density at radius 2 is 1.42 bits per heavy atom. The topological polar surface area (TPSA) is 71.3 Å². The first-order valence-electron chi connectivity index (χ1n) is 10.0. The minimum absolute atomic E-state index is 0.182. The van der Waals surface area contributed by atoms with Crippen LogP contribution in [0.25, 0.3) is 0 Å². The van der Waals surface area contributed by atoms with Crippen LogP contribution in [0, 0.1) is 0 Å². The molecule has 0 fully saturated rings. The van der Waals surface area contributed by atoms with Crippen molar-refractivity contribution in [1.29, 1.82) is 0 Å². The maximum absolute atomic E-state index is 13.2. The van der Waals surface area contributed by atoms with Crippen LogP contribution in [-0.2, 0) is 6.42 Å². The fourth-order valence-electron chi connectivity index (χ4n) is 3.41. The standard InChI is InChI=1S/C26H22N2O3/c29-25(21-14-7-8-15-22(21)27-26(30)24-16-9-17-31-24)28-23(20-12-5-2-6-13-20)18-19-10-3-1-4-11-19/h1-17,23H,18H2,(H,27,30)(H,28,29)/t23-/m1/s1. The first-order chi connectivity index (χ1) is 15.2. The highest BCUT2D eigenvalue weighted by atomic mass is 16.3. The molecule has 154 valence electrons. The Morgan fingerprint density at radius 1 is 0.742 bits per heavy atom. The molecule has 0 spiro atoms. The highest BCUT2D eigenvalue weighted by Gasteiger charge is 2.20. The Hall–Kier alpha value is -4.12. The molecule has 0 aliphatic heterocycles. The minimum Gasteiger partial charge on any atom is -0.459 e. The summed E-state index contributed by atoms with van der Waals surface area (Å²) in [5.74, 6) is -0.490. The Labute approximate surface area is 180 Å². The predicted molar refractivity (Wildman–Crippen MR) is 120 cm³/mol. The van der Waals surface area contributed by atoms with Crippen LogP contribution in [0.3, 0.4) is 0 Å². The van der Waals surface area contributed by atoms with Crippen LogP contribution in [0.5, 0.6) is 0 Å². The van der Waals surface area contributed by atoms with Crippen molar-refractivity contribution >= 4 is 17.5 Å². The molecule has 0 bridgehead atoms. The zero-order valence-corrected chi connectivity index (χ0v) is 16.8.